The van der Waals surface area contributed by atoms with Crippen molar-refractivity contribution < 1.29 is 20.1 Å². The summed E-state index contributed by atoms with van der Waals surface area (Å²) in [6.45, 7) is 4.11. The van der Waals surface area contributed by atoms with E-state index in [-0.39, 0.29) is 6.61 Å². The third-order valence-electron chi connectivity index (χ3n) is 7.13. The highest BCUT2D eigenvalue weighted by atomic mass is 16.3. The summed E-state index contributed by atoms with van der Waals surface area (Å²) in [5, 5.41) is 32.6. The molecule has 0 saturated heterocycles. The summed E-state index contributed by atoms with van der Waals surface area (Å²) in [6, 6.07) is -0.788. The molecule has 3 atom stereocenters. The molecule has 4 N–H and O–H groups in total. The Kier molecular flexibility index (Phi) is 26.4. The fourth-order valence-corrected chi connectivity index (χ4v) is 4.59. The topological polar surface area (TPSA) is 89.8 Å². The molecule has 0 aliphatic carbocycles. The summed E-state index contributed by atoms with van der Waals surface area (Å²) in [5.74, 6) is -0.509. The van der Waals surface area contributed by atoms with Crippen molar-refractivity contribution in [2.75, 3.05) is 6.61 Å². The van der Waals surface area contributed by atoms with Gasteiger partial charge in [0, 0.05) is 0 Å². The first-order chi connectivity index (χ1) is 17.6. The van der Waals surface area contributed by atoms with Gasteiger partial charge in [-0.15, -0.1) is 0 Å². The number of hydrogen-bond acceptors (Lipinski definition) is 4. The first kappa shape index (κ1) is 35.1. The van der Waals surface area contributed by atoms with E-state index in [1.165, 1.54) is 103 Å². The molecule has 0 aromatic heterocycles. The molecular weight excluding hydrogens is 450 g/mol. The fourth-order valence-electron chi connectivity index (χ4n) is 4.59. The van der Waals surface area contributed by atoms with Crippen molar-refractivity contribution in [2.45, 2.75) is 173 Å². The highest BCUT2D eigenvalue weighted by Gasteiger charge is 2.22. The van der Waals surface area contributed by atoms with E-state index in [1.54, 1.807) is 6.08 Å². The highest BCUT2D eigenvalue weighted by molar-refractivity contribution is 5.80. The number of allylic oxidation sites excluding steroid dienone is 1. The molecule has 0 rings (SSSR count). The molecule has 0 spiro atoms. The van der Waals surface area contributed by atoms with E-state index in [0.717, 1.165) is 32.1 Å². The summed E-state index contributed by atoms with van der Waals surface area (Å²) in [7, 11) is 0. The number of aliphatic hydroxyl groups is 3. The molecule has 5 nitrogen and oxygen atoms in total. The van der Waals surface area contributed by atoms with Gasteiger partial charge in [0.05, 0.1) is 18.8 Å². The van der Waals surface area contributed by atoms with Crippen molar-refractivity contribution in [3.05, 3.63) is 12.2 Å². The molecule has 3 unspecified atom stereocenters. The zero-order valence-electron chi connectivity index (χ0n) is 23.9. The number of nitrogens with one attached hydrogen (secondary N) is 1. The normalized spacial score (nSPS) is 14.2. The molecule has 0 aliphatic heterocycles. The van der Waals surface area contributed by atoms with Crippen LogP contribution in [0, 0.1) is 0 Å². The zero-order chi connectivity index (χ0) is 26.7. The molecule has 0 aliphatic rings. The van der Waals surface area contributed by atoms with Gasteiger partial charge in [0.25, 0.3) is 0 Å². The maximum Gasteiger partial charge on any atom is 0.249 e. The first-order valence-electron chi connectivity index (χ1n) is 15.5. The quantitative estimate of drug-likeness (QED) is 0.0685. The van der Waals surface area contributed by atoms with Gasteiger partial charge in [-0.1, -0.05) is 148 Å². The van der Waals surface area contributed by atoms with Crippen LogP contribution in [0.15, 0.2) is 12.2 Å². The number of carbonyl (C=O) groups excluding carboxylic acids is 1. The van der Waals surface area contributed by atoms with E-state index in [1.807, 2.05) is 6.08 Å². The second-order valence-corrected chi connectivity index (χ2v) is 10.7. The van der Waals surface area contributed by atoms with Crippen molar-refractivity contribution >= 4 is 5.91 Å². The van der Waals surface area contributed by atoms with Crippen molar-refractivity contribution in [3.63, 3.8) is 0 Å². The number of amides is 1. The van der Waals surface area contributed by atoms with E-state index < -0.39 is 24.2 Å². The van der Waals surface area contributed by atoms with Crippen LogP contribution >= 0.6 is 0 Å². The van der Waals surface area contributed by atoms with Crippen LogP contribution < -0.4 is 5.32 Å². The maximum atomic E-state index is 12.2. The lowest BCUT2D eigenvalue weighted by molar-refractivity contribution is -0.131. The van der Waals surface area contributed by atoms with Gasteiger partial charge in [-0.3, -0.25) is 4.79 Å². The summed E-state index contributed by atoms with van der Waals surface area (Å²) in [5.41, 5.74) is 0. The van der Waals surface area contributed by atoms with Gasteiger partial charge < -0.3 is 20.6 Å². The fraction of sp³-hybridized carbons (Fsp3) is 0.903. The molecule has 214 valence electrons. The van der Waals surface area contributed by atoms with Crippen LogP contribution in [0.3, 0.4) is 0 Å². The standard InChI is InChI=1S/C31H61NO4/c1-3-5-7-9-11-13-14-15-16-17-18-20-21-23-25-29(34)28(27-33)32-31(36)30(35)26-24-22-19-12-10-8-6-4-2/h23,25,28-30,33-35H,3-22,24,26-27H2,1-2H3,(H,32,36)/b25-23+. The Balaban J connectivity index is 3.80. The second kappa shape index (κ2) is 27.1. The average Bonchev–Trinajstić information content (AvgIpc) is 2.88. The van der Waals surface area contributed by atoms with Gasteiger partial charge in [-0.05, 0) is 19.3 Å². The van der Waals surface area contributed by atoms with Gasteiger partial charge in [0.15, 0.2) is 0 Å². The molecule has 0 fully saturated rings. The molecule has 0 radical (unpaired) electrons. The van der Waals surface area contributed by atoms with E-state index in [9.17, 15) is 20.1 Å². The Labute approximate surface area is 223 Å². The zero-order valence-corrected chi connectivity index (χ0v) is 23.9. The third-order valence-corrected chi connectivity index (χ3v) is 7.13. The Morgan fingerprint density at radius 2 is 1.08 bits per heavy atom. The molecule has 1 amide bonds. The van der Waals surface area contributed by atoms with Crippen LogP contribution in [0.2, 0.25) is 0 Å². The lowest BCUT2D eigenvalue weighted by Crippen LogP contribution is -2.48. The average molecular weight is 512 g/mol. The number of carbonyl (C=O) groups is 1. The van der Waals surface area contributed by atoms with E-state index in [4.69, 9.17) is 0 Å². The number of unbranched alkanes of at least 4 members (excludes halogenated alkanes) is 19. The lowest BCUT2D eigenvalue weighted by atomic mass is 10.0. The minimum Gasteiger partial charge on any atom is -0.394 e. The number of hydrogen-bond donors (Lipinski definition) is 4. The predicted octanol–water partition coefficient (Wildman–Crippen LogP) is 7.36. The van der Waals surface area contributed by atoms with Gasteiger partial charge >= 0.3 is 0 Å². The Bertz CT molecular complexity index is 497. The van der Waals surface area contributed by atoms with Crippen LogP contribution in [0.1, 0.15) is 155 Å². The van der Waals surface area contributed by atoms with Crippen LogP contribution in [0.5, 0.6) is 0 Å². The summed E-state index contributed by atoms with van der Waals surface area (Å²) in [6.07, 6.45) is 28.0. The number of rotatable bonds is 27. The predicted molar refractivity (Wildman–Crippen MR) is 153 cm³/mol. The van der Waals surface area contributed by atoms with Gasteiger partial charge in [0.1, 0.15) is 6.10 Å². The van der Waals surface area contributed by atoms with Crippen molar-refractivity contribution in [1.29, 1.82) is 0 Å². The molecule has 0 aromatic carbocycles. The van der Waals surface area contributed by atoms with E-state index in [2.05, 4.69) is 19.2 Å². The molecular formula is C31H61NO4. The SMILES string of the molecule is CCCCCCCCCCCCCC/C=C/C(O)C(CO)NC(=O)C(O)CCCCCCCCCC. The summed E-state index contributed by atoms with van der Waals surface area (Å²) in [4.78, 5) is 12.2. The van der Waals surface area contributed by atoms with Crippen LogP contribution in [0.25, 0.3) is 0 Å². The minimum atomic E-state index is -1.09. The highest BCUT2D eigenvalue weighted by Crippen LogP contribution is 2.13. The molecule has 0 heterocycles. The van der Waals surface area contributed by atoms with Crippen molar-refractivity contribution in [2.24, 2.45) is 0 Å². The van der Waals surface area contributed by atoms with Gasteiger partial charge in [0.2, 0.25) is 5.91 Å². The Hall–Kier alpha value is -0.910. The smallest absolute Gasteiger partial charge is 0.249 e. The van der Waals surface area contributed by atoms with E-state index >= 15 is 0 Å². The van der Waals surface area contributed by atoms with Crippen LogP contribution in [-0.4, -0.2) is 46.1 Å². The van der Waals surface area contributed by atoms with Gasteiger partial charge in [-0.2, -0.15) is 0 Å². The van der Waals surface area contributed by atoms with Crippen LogP contribution in [-0.2, 0) is 4.79 Å². The van der Waals surface area contributed by atoms with E-state index in [0.29, 0.717) is 6.42 Å². The largest absolute Gasteiger partial charge is 0.394 e. The molecule has 0 saturated carbocycles. The molecule has 0 aromatic rings. The minimum absolute atomic E-state index is 0.361. The lowest BCUT2D eigenvalue weighted by Gasteiger charge is -2.21. The van der Waals surface area contributed by atoms with Crippen LogP contribution in [0.4, 0.5) is 0 Å². The Morgan fingerprint density at radius 1 is 0.667 bits per heavy atom. The molecule has 5 heteroatoms. The number of aliphatic hydroxyl groups excluding tert-OH is 3. The monoisotopic (exact) mass is 511 g/mol. The maximum absolute atomic E-state index is 12.2. The summed E-state index contributed by atoms with van der Waals surface area (Å²) >= 11 is 0. The molecule has 36 heavy (non-hydrogen) atoms. The first-order valence-corrected chi connectivity index (χ1v) is 15.5. The van der Waals surface area contributed by atoms with Gasteiger partial charge in [-0.25, -0.2) is 0 Å². The Morgan fingerprint density at radius 3 is 1.53 bits per heavy atom. The summed E-state index contributed by atoms with van der Waals surface area (Å²) < 4.78 is 0. The molecule has 0 bridgehead atoms. The second-order valence-electron chi connectivity index (χ2n) is 10.7. The van der Waals surface area contributed by atoms with Crippen molar-refractivity contribution in [1.82, 2.24) is 5.32 Å². The van der Waals surface area contributed by atoms with Crippen molar-refractivity contribution in [3.8, 4) is 0 Å². The third kappa shape index (κ3) is 22.3.